The molecule has 0 aromatic heterocycles. The Morgan fingerprint density at radius 3 is 2.71 bits per heavy atom. The minimum atomic E-state index is -0.847. The number of aliphatic hydroxyl groups is 1. The van der Waals surface area contributed by atoms with Crippen LogP contribution >= 0.6 is 23.2 Å². The highest BCUT2D eigenvalue weighted by Gasteiger charge is 2.07. The zero-order valence-corrected chi connectivity index (χ0v) is 8.57. The fraction of sp³-hybridized carbons (Fsp3) is 0.250. The molecule has 0 saturated carbocycles. The summed E-state index contributed by atoms with van der Waals surface area (Å²) in [6, 6.07) is 4.76. The first-order valence-electron chi connectivity index (χ1n) is 3.79. The maximum atomic E-state index is 9.50. The van der Waals surface area contributed by atoms with Crippen molar-refractivity contribution < 1.29 is 5.11 Å². The van der Waals surface area contributed by atoms with Crippen LogP contribution in [-0.4, -0.2) is 11.7 Å². The summed E-state index contributed by atoms with van der Waals surface area (Å²) in [6.07, 6.45) is -0.847. The van der Waals surface area contributed by atoms with Gasteiger partial charge < -0.3 is 5.11 Å². The molecule has 1 rings (SSSR count). The third-order valence-corrected chi connectivity index (χ3v) is 2.39. The Kier molecular flexibility index (Phi) is 4.04. The molecule has 0 aliphatic rings. The van der Waals surface area contributed by atoms with Crippen LogP contribution in [0.1, 0.15) is 11.7 Å². The molecular formula is C8H7Cl2N3O. The highest BCUT2D eigenvalue weighted by atomic mass is 35.5. The number of hydrogen-bond acceptors (Lipinski definition) is 2. The first-order valence-corrected chi connectivity index (χ1v) is 4.54. The van der Waals surface area contributed by atoms with Crippen LogP contribution in [0.15, 0.2) is 23.3 Å². The van der Waals surface area contributed by atoms with Gasteiger partial charge in [-0.25, -0.2) is 0 Å². The Hall–Kier alpha value is -0.930. The van der Waals surface area contributed by atoms with Crippen molar-refractivity contribution in [3.8, 4) is 0 Å². The Balaban J connectivity index is 2.85. The molecular weight excluding hydrogens is 225 g/mol. The molecule has 1 aromatic carbocycles. The molecule has 1 aromatic rings. The summed E-state index contributed by atoms with van der Waals surface area (Å²) in [5, 5.41) is 13.5. The maximum Gasteiger partial charge on any atom is 0.0846 e. The van der Waals surface area contributed by atoms with E-state index < -0.39 is 6.10 Å². The number of benzene rings is 1. The topological polar surface area (TPSA) is 69.0 Å². The molecule has 0 saturated heterocycles. The highest BCUT2D eigenvalue weighted by molar-refractivity contribution is 6.42. The molecule has 1 atom stereocenters. The number of nitrogens with zero attached hydrogens (tertiary/aromatic N) is 3. The molecule has 0 bridgehead atoms. The van der Waals surface area contributed by atoms with Crippen LogP contribution in [0.25, 0.3) is 10.4 Å². The lowest BCUT2D eigenvalue weighted by molar-refractivity contribution is 0.187. The van der Waals surface area contributed by atoms with Crippen molar-refractivity contribution in [2.45, 2.75) is 6.10 Å². The van der Waals surface area contributed by atoms with Crippen LogP contribution in [0.4, 0.5) is 0 Å². The van der Waals surface area contributed by atoms with Gasteiger partial charge >= 0.3 is 0 Å². The van der Waals surface area contributed by atoms with E-state index >= 15 is 0 Å². The quantitative estimate of drug-likeness (QED) is 0.484. The van der Waals surface area contributed by atoms with Gasteiger partial charge in [0.1, 0.15) is 0 Å². The third-order valence-electron chi connectivity index (χ3n) is 1.65. The maximum absolute atomic E-state index is 9.50. The molecule has 0 amide bonds. The van der Waals surface area contributed by atoms with E-state index in [0.29, 0.717) is 15.6 Å². The Labute approximate surface area is 90.7 Å². The summed E-state index contributed by atoms with van der Waals surface area (Å²) in [7, 11) is 0. The molecule has 0 aliphatic heterocycles. The summed E-state index contributed by atoms with van der Waals surface area (Å²) in [5.41, 5.74) is 8.64. The van der Waals surface area contributed by atoms with E-state index in [1.807, 2.05) is 0 Å². The summed E-state index contributed by atoms with van der Waals surface area (Å²) in [6.45, 7) is -0.0194. The van der Waals surface area contributed by atoms with E-state index in [0.717, 1.165) is 0 Å². The number of azide groups is 1. The van der Waals surface area contributed by atoms with Gasteiger partial charge in [-0.1, -0.05) is 34.4 Å². The van der Waals surface area contributed by atoms with Gasteiger partial charge in [0.25, 0.3) is 0 Å². The van der Waals surface area contributed by atoms with Crippen LogP contribution in [0.5, 0.6) is 0 Å². The van der Waals surface area contributed by atoms with Crippen molar-refractivity contribution in [3.05, 3.63) is 44.3 Å². The molecule has 14 heavy (non-hydrogen) atoms. The summed E-state index contributed by atoms with van der Waals surface area (Å²) in [4.78, 5) is 2.55. The van der Waals surface area contributed by atoms with Gasteiger partial charge in [-0.15, -0.1) is 0 Å². The molecule has 74 valence electrons. The molecule has 4 nitrogen and oxygen atoms in total. The second-order valence-corrected chi connectivity index (χ2v) is 3.42. The lowest BCUT2D eigenvalue weighted by atomic mass is 10.1. The van der Waals surface area contributed by atoms with Crippen LogP contribution < -0.4 is 0 Å². The first-order chi connectivity index (χ1) is 6.65. The Morgan fingerprint density at radius 2 is 2.14 bits per heavy atom. The van der Waals surface area contributed by atoms with E-state index in [4.69, 9.17) is 28.7 Å². The van der Waals surface area contributed by atoms with Crippen LogP contribution in [-0.2, 0) is 0 Å². The Morgan fingerprint density at radius 1 is 1.43 bits per heavy atom. The van der Waals surface area contributed by atoms with Crippen LogP contribution in [0, 0.1) is 0 Å². The molecule has 0 heterocycles. The normalized spacial score (nSPS) is 11.9. The summed E-state index contributed by atoms with van der Waals surface area (Å²) < 4.78 is 0. The van der Waals surface area contributed by atoms with Crippen molar-refractivity contribution in [3.63, 3.8) is 0 Å². The van der Waals surface area contributed by atoms with Gasteiger partial charge in [0.05, 0.1) is 22.7 Å². The molecule has 0 fully saturated rings. The predicted octanol–water partition coefficient (Wildman–Crippen LogP) is 3.34. The van der Waals surface area contributed by atoms with Crippen LogP contribution in [0.3, 0.4) is 0 Å². The van der Waals surface area contributed by atoms with E-state index in [1.54, 1.807) is 18.2 Å². The molecule has 0 radical (unpaired) electrons. The summed E-state index contributed by atoms with van der Waals surface area (Å²) in [5.74, 6) is 0. The fourth-order valence-electron chi connectivity index (χ4n) is 0.939. The van der Waals surface area contributed by atoms with E-state index in [2.05, 4.69) is 10.0 Å². The first kappa shape index (κ1) is 11.1. The number of aliphatic hydroxyl groups excluding tert-OH is 1. The molecule has 0 aliphatic carbocycles. The van der Waals surface area contributed by atoms with Gasteiger partial charge in [-0.2, -0.15) is 0 Å². The van der Waals surface area contributed by atoms with Gasteiger partial charge in [-0.3, -0.25) is 0 Å². The van der Waals surface area contributed by atoms with Gasteiger partial charge in [0.2, 0.25) is 0 Å². The highest BCUT2D eigenvalue weighted by Crippen LogP contribution is 2.25. The van der Waals surface area contributed by atoms with Crippen molar-refractivity contribution in [2.75, 3.05) is 6.54 Å². The second-order valence-electron chi connectivity index (χ2n) is 2.60. The minimum Gasteiger partial charge on any atom is -0.388 e. The number of rotatable bonds is 3. The molecule has 0 spiro atoms. The van der Waals surface area contributed by atoms with E-state index in [9.17, 15) is 5.11 Å². The Bertz CT molecular complexity index is 377. The molecule has 6 heteroatoms. The average Bonchev–Trinajstić information content (AvgIpc) is 2.18. The summed E-state index contributed by atoms with van der Waals surface area (Å²) >= 11 is 11.4. The van der Waals surface area contributed by atoms with Gasteiger partial charge in [0.15, 0.2) is 0 Å². The lowest BCUT2D eigenvalue weighted by Gasteiger charge is -2.08. The average molecular weight is 232 g/mol. The van der Waals surface area contributed by atoms with Gasteiger partial charge in [0, 0.05) is 4.91 Å². The smallest absolute Gasteiger partial charge is 0.0846 e. The van der Waals surface area contributed by atoms with E-state index in [-0.39, 0.29) is 6.54 Å². The minimum absolute atomic E-state index is 0.0194. The molecule has 1 N–H and O–H groups in total. The largest absolute Gasteiger partial charge is 0.388 e. The van der Waals surface area contributed by atoms with Gasteiger partial charge in [-0.05, 0) is 23.2 Å². The fourth-order valence-corrected chi connectivity index (χ4v) is 1.25. The molecule has 0 unspecified atom stereocenters. The van der Waals surface area contributed by atoms with Crippen LogP contribution in [0.2, 0.25) is 10.0 Å². The lowest BCUT2D eigenvalue weighted by Crippen LogP contribution is -2.00. The standard InChI is InChI=1S/C8H7Cl2N3O/c9-6-2-1-5(3-7(6)10)8(14)4-12-13-11/h1-3,8,14H,4H2/t8-/m0/s1. The van der Waals surface area contributed by atoms with Crippen molar-refractivity contribution in [1.29, 1.82) is 0 Å². The monoisotopic (exact) mass is 231 g/mol. The van der Waals surface area contributed by atoms with E-state index in [1.165, 1.54) is 0 Å². The zero-order valence-electron chi connectivity index (χ0n) is 7.06. The number of halogens is 2. The third kappa shape index (κ3) is 2.79. The zero-order chi connectivity index (χ0) is 10.6. The second kappa shape index (κ2) is 5.08. The van der Waals surface area contributed by atoms with Crippen molar-refractivity contribution >= 4 is 23.2 Å². The SMILES string of the molecule is [N-]=[N+]=NC[C@H](O)c1ccc(Cl)c(Cl)c1. The van der Waals surface area contributed by atoms with Crippen molar-refractivity contribution in [2.24, 2.45) is 5.11 Å². The number of hydrogen-bond donors (Lipinski definition) is 1. The predicted molar refractivity (Wildman–Crippen MR) is 55.4 cm³/mol. The van der Waals surface area contributed by atoms with Crippen molar-refractivity contribution in [1.82, 2.24) is 0 Å².